The number of aldehydes is 1. The van der Waals surface area contributed by atoms with Gasteiger partial charge in [-0.25, -0.2) is 4.79 Å². The number of benzene rings is 1. The van der Waals surface area contributed by atoms with Crippen molar-refractivity contribution < 1.29 is 33.0 Å². The second kappa shape index (κ2) is 8.57. The van der Waals surface area contributed by atoms with Crippen LogP contribution in [0.4, 0.5) is 0 Å². The first-order valence-corrected chi connectivity index (χ1v) is 13.7. The van der Waals surface area contributed by atoms with Gasteiger partial charge in [-0.15, -0.1) is 0 Å². The summed E-state index contributed by atoms with van der Waals surface area (Å²) in [4.78, 5) is 36.4. The van der Waals surface area contributed by atoms with E-state index in [9.17, 15) is 14.4 Å². The molecule has 32 heavy (non-hydrogen) atoms. The SMILES string of the molecule is CC1(C)OC[C@H]([C@H]2OC(=O)/C(=C\c3ccc(O[Si](C)(C)C(C)(C)C)cc3)[C@H]2C(=O)C=O)O1. The van der Waals surface area contributed by atoms with Gasteiger partial charge in [-0.1, -0.05) is 32.9 Å². The van der Waals surface area contributed by atoms with Crippen molar-refractivity contribution in [3.63, 3.8) is 0 Å². The quantitative estimate of drug-likeness (QED) is 0.209. The van der Waals surface area contributed by atoms with Crippen molar-refractivity contribution >= 4 is 32.4 Å². The Hall–Kier alpha value is -2.29. The Morgan fingerprint density at radius 3 is 2.31 bits per heavy atom. The highest BCUT2D eigenvalue weighted by Crippen LogP contribution is 2.39. The number of rotatable bonds is 6. The van der Waals surface area contributed by atoms with Crippen LogP contribution >= 0.6 is 0 Å². The van der Waals surface area contributed by atoms with E-state index in [1.54, 1.807) is 19.9 Å². The van der Waals surface area contributed by atoms with Gasteiger partial charge in [0.25, 0.3) is 0 Å². The fourth-order valence-corrected chi connectivity index (χ4v) is 4.56. The average Bonchev–Trinajstić information content (AvgIpc) is 3.21. The first-order valence-electron chi connectivity index (χ1n) is 10.8. The number of ketones is 1. The Bertz CT molecular complexity index is 925. The molecule has 2 saturated heterocycles. The van der Waals surface area contributed by atoms with Gasteiger partial charge in [0.15, 0.2) is 12.1 Å². The normalized spacial score (nSPS) is 26.8. The lowest BCUT2D eigenvalue weighted by molar-refractivity contribution is -0.165. The number of hydrogen-bond acceptors (Lipinski definition) is 7. The average molecular weight is 461 g/mol. The second-order valence-electron chi connectivity index (χ2n) is 10.3. The van der Waals surface area contributed by atoms with Crippen LogP contribution in [0.25, 0.3) is 6.08 Å². The van der Waals surface area contributed by atoms with Crippen LogP contribution in [0, 0.1) is 5.92 Å². The van der Waals surface area contributed by atoms with Crippen LogP contribution in [0.3, 0.4) is 0 Å². The van der Waals surface area contributed by atoms with Crippen LogP contribution in [0.2, 0.25) is 18.1 Å². The Morgan fingerprint density at radius 1 is 1.19 bits per heavy atom. The fourth-order valence-electron chi connectivity index (χ4n) is 3.53. The molecule has 1 aromatic carbocycles. The number of carbonyl (C=O) groups excluding carboxylic acids is 3. The summed E-state index contributed by atoms with van der Waals surface area (Å²) in [5, 5.41) is 0.0687. The van der Waals surface area contributed by atoms with Crippen LogP contribution in [0.5, 0.6) is 5.75 Å². The highest BCUT2D eigenvalue weighted by molar-refractivity contribution is 6.74. The van der Waals surface area contributed by atoms with E-state index >= 15 is 0 Å². The molecule has 3 atom stereocenters. The van der Waals surface area contributed by atoms with Crippen LogP contribution in [-0.4, -0.2) is 51.0 Å². The topological polar surface area (TPSA) is 88.1 Å². The second-order valence-corrected chi connectivity index (χ2v) is 15.0. The summed E-state index contributed by atoms with van der Waals surface area (Å²) in [5.41, 5.74) is 0.839. The van der Waals surface area contributed by atoms with Crippen molar-refractivity contribution in [1.82, 2.24) is 0 Å². The summed E-state index contributed by atoms with van der Waals surface area (Å²) in [6.45, 7) is 14.5. The van der Waals surface area contributed by atoms with Crippen molar-refractivity contribution in [2.75, 3.05) is 6.61 Å². The zero-order valence-electron chi connectivity index (χ0n) is 19.8. The van der Waals surface area contributed by atoms with Gasteiger partial charge < -0.3 is 18.6 Å². The molecule has 0 N–H and O–H groups in total. The Labute approximate surface area is 190 Å². The molecule has 2 aliphatic rings. The maximum atomic E-state index is 12.6. The number of cyclic esters (lactones) is 1. The molecule has 2 fully saturated rings. The number of ether oxygens (including phenoxy) is 3. The third-order valence-electron chi connectivity index (χ3n) is 6.34. The highest BCUT2D eigenvalue weighted by atomic mass is 28.4. The van der Waals surface area contributed by atoms with E-state index in [0.29, 0.717) is 5.56 Å². The molecule has 0 amide bonds. The van der Waals surface area contributed by atoms with Crippen molar-refractivity contribution in [1.29, 1.82) is 0 Å². The molecule has 3 rings (SSSR count). The molecule has 2 aliphatic heterocycles. The van der Waals surface area contributed by atoms with E-state index in [1.807, 2.05) is 24.3 Å². The smallest absolute Gasteiger partial charge is 0.335 e. The summed E-state index contributed by atoms with van der Waals surface area (Å²) in [5.74, 6) is -2.49. The molecule has 0 aliphatic carbocycles. The maximum Gasteiger partial charge on any atom is 0.335 e. The van der Waals surface area contributed by atoms with Gasteiger partial charge >= 0.3 is 5.97 Å². The zero-order chi connectivity index (χ0) is 23.9. The monoisotopic (exact) mass is 460 g/mol. The van der Waals surface area contributed by atoms with E-state index in [0.717, 1.165) is 5.75 Å². The van der Waals surface area contributed by atoms with Gasteiger partial charge in [-0.05, 0) is 55.8 Å². The lowest BCUT2D eigenvalue weighted by Crippen LogP contribution is -2.43. The summed E-state index contributed by atoms with van der Waals surface area (Å²) in [7, 11) is -1.98. The van der Waals surface area contributed by atoms with Crippen LogP contribution in [-0.2, 0) is 28.6 Å². The van der Waals surface area contributed by atoms with Crippen molar-refractivity contribution in [3.05, 3.63) is 35.4 Å². The molecule has 0 unspecified atom stereocenters. The van der Waals surface area contributed by atoms with Crippen molar-refractivity contribution in [2.24, 2.45) is 5.92 Å². The van der Waals surface area contributed by atoms with E-state index < -0.39 is 44.0 Å². The summed E-state index contributed by atoms with van der Waals surface area (Å²) in [6.07, 6.45) is 0.277. The molecule has 0 saturated carbocycles. The first kappa shape index (κ1) is 24.4. The van der Waals surface area contributed by atoms with E-state index in [2.05, 4.69) is 33.9 Å². The Balaban J connectivity index is 1.85. The first-order chi connectivity index (χ1) is 14.7. The van der Waals surface area contributed by atoms with Gasteiger partial charge in [-0.2, -0.15) is 0 Å². The standard InChI is InChI=1S/C24H32O7Si/c1-23(2,3)32(6,7)31-16-10-8-15(9-11-16)12-17-20(18(26)13-25)21(29-22(17)27)19-14-28-24(4,5)30-19/h8-13,19-21H,14H2,1-7H3/b17-12-/t19-,20+,21-/m1/s1. The molecule has 2 heterocycles. The van der Waals surface area contributed by atoms with Gasteiger partial charge in [0.05, 0.1) is 18.1 Å². The Morgan fingerprint density at radius 2 is 1.81 bits per heavy atom. The molecule has 0 spiro atoms. The van der Waals surface area contributed by atoms with Gasteiger partial charge in [0, 0.05) is 0 Å². The number of hydrogen-bond donors (Lipinski definition) is 0. The maximum absolute atomic E-state index is 12.6. The molecule has 174 valence electrons. The molecular weight excluding hydrogens is 428 g/mol. The fraction of sp³-hybridized carbons (Fsp3) is 0.542. The van der Waals surface area contributed by atoms with E-state index in [1.165, 1.54) is 0 Å². The highest BCUT2D eigenvalue weighted by Gasteiger charge is 2.51. The third-order valence-corrected chi connectivity index (χ3v) is 10.7. The molecule has 8 heteroatoms. The molecule has 7 nitrogen and oxygen atoms in total. The molecule has 1 aromatic rings. The molecule has 0 radical (unpaired) electrons. The van der Waals surface area contributed by atoms with Crippen molar-refractivity contribution in [3.8, 4) is 5.75 Å². The van der Waals surface area contributed by atoms with Crippen LogP contribution in [0.15, 0.2) is 29.8 Å². The van der Waals surface area contributed by atoms with Crippen LogP contribution < -0.4 is 4.43 Å². The number of Topliss-reactive ketones (excluding diaryl/α,β-unsaturated/α-hetero) is 1. The molecule has 0 aromatic heterocycles. The van der Waals surface area contributed by atoms with Gasteiger partial charge in [-0.3, -0.25) is 9.59 Å². The lowest BCUT2D eigenvalue weighted by atomic mass is 9.88. The molecule has 0 bridgehead atoms. The largest absolute Gasteiger partial charge is 0.544 e. The van der Waals surface area contributed by atoms with Crippen molar-refractivity contribution in [2.45, 2.75) is 70.7 Å². The predicted molar refractivity (Wildman–Crippen MR) is 122 cm³/mol. The Kier molecular flexibility index (Phi) is 6.52. The van der Waals surface area contributed by atoms with Gasteiger partial charge in [0.2, 0.25) is 14.1 Å². The summed E-state index contributed by atoms with van der Waals surface area (Å²) in [6, 6.07) is 7.32. The lowest BCUT2D eigenvalue weighted by Gasteiger charge is -2.36. The van der Waals surface area contributed by atoms with Gasteiger partial charge in [0.1, 0.15) is 18.0 Å². The summed E-state index contributed by atoms with van der Waals surface area (Å²) >= 11 is 0. The minimum Gasteiger partial charge on any atom is -0.544 e. The minimum absolute atomic E-state index is 0.0687. The van der Waals surface area contributed by atoms with E-state index in [-0.39, 0.29) is 23.5 Å². The predicted octanol–water partition coefficient (Wildman–Crippen LogP) is 3.92. The number of carbonyl (C=O) groups is 3. The van der Waals surface area contributed by atoms with E-state index in [4.69, 9.17) is 18.6 Å². The van der Waals surface area contributed by atoms with Crippen LogP contribution in [0.1, 0.15) is 40.2 Å². The number of esters is 1. The summed E-state index contributed by atoms with van der Waals surface area (Å²) < 4.78 is 23.1. The third kappa shape index (κ3) is 5.03. The zero-order valence-corrected chi connectivity index (χ0v) is 20.8. The molecular formula is C24H32O7Si. The minimum atomic E-state index is -1.98.